The predicted molar refractivity (Wildman–Crippen MR) is 84.5 cm³/mol. The van der Waals surface area contributed by atoms with Gasteiger partial charge in [0, 0.05) is 45.7 Å². The van der Waals surface area contributed by atoms with Crippen LogP contribution in [0.4, 0.5) is 0 Å². The molecule has 1 saturated heterocycles. The molecule has 0 aliphatic carbocycles. The molecule has 0 bridgehead atoms. The number of ether oxygens (including phenoxy) is 3. The molecule has 3 rings (SSSR count). The Bertz CT molecular complexity index is 749. The number of fused-ring (bicyclic) bond motifs is 1. The number of imidazole rings is 1. The molecule has 0 saturated carbocycles. The zero-order valence-corrected chi connectivity index (χ0v) is 17.5. The average molecular weight is 421 g/mol. The minimum absolute atomic E-state index is 0. The first-order valence-electron chi connectivity index (χ1n) is 7.67. The molecule has 0 aromatic carbocycles. The molecule has 25 heavy (non-hydrogen) atoms. The SMILES string of the molecule is CC(=O)OC[CH-][C@H]1OC(C)(C)O[C@H]1[CH-]n1cnc2c(C)ncnc21.[Y]. The molecule has 2 aromatic rings. The summed E-state index contributed by atoms with van der Waals surface area (Å²) < 4.78 is 18.5. The van der Waals surface area contributed by atoms with Crippen LogP contribution in [0, 0.1) is 19.9 Å². The van der Waals surface area contributed by atoms with E-state index in [-0.39, 0.29) is 57.5 Å². The topological polar surface area (TPSA) is 88.4 Å². The number of rotatable bonds is 5. The van der Waals surface area contributed by atoms with Crippen molar-refractivity contribution in [2.24, 2.45) is 0 Å². The van der Waals surface area contributed by atoms with E-state index in [2.05, 4.69) is 15.0 Å². The van der Waals surface area contributed by atoms with E-state index in [4.69, 9.17) is 14.2 Å². The Morgan fingerprint density at radius 1 is 1.32 bits per heavy atom. The normalized spacial score (nSPS) is 21.8. The summed E-state index contributed by atoms with van der Waals surface area (Å²) in [6.07, 6.45) is 4.24. The van der Waals surface area contributed by atoms with Gasteiger partial charge in [0.1, 0.15) is 6.33 Å². The fourth-order valence-electron chi connectivity index (χ4n) is 2.61. The standard InChI is InChI=1S/C16H20N4O4.Y/c1-10-14-15(18-8-17-10)20(9-19-14)7-13-12(5-6-22-11(2)21)23-16(3,4)24-13;/h5,7-9,12-13H,6H2,1-4H3;/q-2;/t12-,13+;/m1./s1. The van der Waals surface area contributed by atoms with Crippen molar-refractivity contribution in [1.29, 1.82) is 0 Å². The maximum atomic E-state index is 10.9. The van der Waals surface area contributed by atoms with Crippen molar-refractivity contribution >= 4 is 17.1 Å². The Kier molecular flexibility index (Phi) is 6.53. The molecule has 3 heterocycles. The van der Waals surface area contributed by atoms with Gasteiger partial charge in [-0.25, -0.2) is 4.98 Å². The third-order valence-electron chi connectivity index (χ3n) is 3.63. The number of hydrogen-bond acceptors (Lipinski definition) is 7. The van der Waals surface area contributed by atoms with Gasteiger partial charge >= 0.3 is 0 Å². The van der Waals surface area contributed by atoms with E-state index < -0.39 is 5.79 Å². The van der Waals surface area contributed by atoms with Gasteiger partial charge in [0.2, 0.25) is 0 Å². The Hall–Kier alpha value is -1.09. The molecular formula is C16H20N4O4Y-2. The summed E-state index contributed by atoms with van der Waals surface area (Å²) in [6.45, 7) is 8.95. The van der Waals surface area contributed by atoms with Crippen molar-refractivity contribution in [3.8, 4) is 0 Å². The molecule has 0 unspecified atom stereocenters. The van der Waals surface area contributed by atoms with Gasteiger partial charge in [0.15, 0.2) is 5.79 Å². The van der Waals surface area contributed by atoms with Crippen LogP contribution in [0.5, 0.6) is 0 Å². The van der Waals surface area contributed by atoms with Crippen molar-refractivity contribution in [2.45, 2.75) is 45.7 Å². The van der Waals surface area contributed by atoms with E-state index in [0.29, 0.717) is 5.65 Å². The van der Waals surface area contributed by atoms with E-state index in [1.54, 1.807) is 17.3 Å². The number of nitrogens with zero attached hydrogens (tertiary/aromatic N) is 4. The van der Waals surface area contributed by atoms with Crippen molar-refractivity contribution in [1.82, 2.24) is 19.5 Å². The summed E-state index contributed by atoms with van der Waals surface area (Å²) in [5.41, 5.74) is 2.26. The Labute approximate surface area is 171 Å². The number of aryl methyl sites for hydroxylation is 1. The van der Waals surface area contributed by atoms with E-state index in [9.17, 15) is 4.79 Å². The number of aromatic nitrogens is 4. The van der Waals surface area contributed by atoms with Gasteiger partial charge in [0.05, 0.1) is 16.9 Å². The molecule has 1 aliphatic rings. The average Bonchev–Trinajstić information content (AvgIpc) is 3.01. The largest absolute Gasteiger partial charge is 0.499 e. The van der Waals surface area contributed by atoms with Gasteiger partial charge in [-0.3, -0.25) is 16.2 Å². The van der Waals surface area contributed by atoms with Crippen molar-refractivity contribution < 1.29 is 51.7 Å². The summed E-state index contributed by atoms with van der Waals surface area (Å²) in [7, 11) is 0. The molecule has 1 aliphatic heterocycles. The van der Waals surface area contributed by atoms with Gasteiger partial charge in [-0.1, -0.05) is 6.54 Å². The zero-order chi connectivity index (χ0) is 17.3. The summed E-state index contributed by atoms with van der Waals surface area (Å²) in [6, 6.07) is 0. The zero-order valence-electron chi connectivity index (χ0n) is 14.7. The summed E-state index contributed by atoms with van der Waals surface area (Å²) in [5.74, 6) is -1.07. The van der Waals surface area contributed by atoms with Gasteiger partial charge < -0.3 is 23.8 Å². The van der Waals surface area contributed by atoms with Crippen LogP contribution in [-0.4, -0.2) is 50.1 Å². The second-order valence-electron chi connectivity index (χ2n) is 6.04. The predicted octanol–water partition coefficient (Wildman–Crippen LogP) is 1.43. The quantitative estimate of drug-likeness (QED) is 0.533. The van der Waals surface area contributed by atoms with Crippen LogP contribution in [-0.2, 0) is 51.7 Å². The van der Waals surface area contributed by atoms with Crippen LogP contribution in [0.3, 0.4) is 0 Å². The Morgan fingerprint density at radius 3 is 2.76 bits per heavy atom. The second-order valence-corrected chi connectivity index (χ2v) is 6.04. The summed E-state index contributed by atoms with van der Waals surface area (Å²) in [4.78, 5) is 23.7. The van der Waals surface area contributed by atoms with Crippen LogP contribution >= 0.6 is 0 Å². The minimum Gasteiger partial charge on any atom is -0.499 e. The van der Waals surface area contributed by atoms with Crippen molar-refractivity contribution in [3.63, 3.8) is 0 Å². The molecular weight excluding hydrogens is 401 g/mol. The Morgan fingerprint density at radius 2 is 2.04 bits per heavy atom. The van der Waals surface area contributed by atoms with Crippen LogP contribution in [0.25, 0.3) is 11.2 Å². The molecule has 9 heteroatoms. The van der Waals surface area contributed by atoms with Gasteiger partial charge in [-0.2, -0.15) is 0 Å². The first-order valence-corrected chi connectivity index (χ1v) is 7.67. The Balaban J connectivity index is 0.00000225. The second kappa shape index (κ2) is 8.08. The van der Waals surface area contributed by atoms with Crippen LogP contribution in [0.2, 0.25) is 0 Å². The van der Waals surface area contributed by atoms with Gasteiger partial charge in [-0.15, -0.1) is 0 Å². The van der Waals surface area contributed by atoms with E-state index in [0.717, 1.165) is 11.2 Å². The first kappa shape index (κ1) is 20.2. The monoisotopic (exact) mass is 421 g/mol. The number of esters is 1. The maximum Gasteiger partial charge on any atom is 0.300 e. The van der Waals surface area contributed by atoms with Crippen LogP contribution in [0.1, 0.15) is 26.5 Å². The van der Waals surface area contributed by atoms with Crippen molar-refractivity contribution in [3.05, 3.63) is 31.3 Å². The van der Waals surface area contributed by atoms with E-state index in [1.165, 1.54) is 13.3 Å². The van der Waals surface area contributed by atoms with E-state index >= 15 is 0 Å². The van der Waals surface area contributed by atoms with E-state index in [1.807, 2.05) is 27.3 Å². The molecule has 2 aromatic heterocycles. The fourth-order valence-corrected chi connectivity index (χ4v) is 2.61. The first-order chi connectivity index (χ1) is 11.4. The fraction of sp³-hybridized carbons (Fsp3) is 0.500. The molecule has 133 valence electrons. The number of carbonyl (C=O) groups excluding carboxylic acids is 1. The maximum absolute atomic E-state index is 10.9. The van der Waals surface area contributed by atoms with Gasteiger partial charge in [-0.05, 0) is 39.8 Å². The molecule has 1 fully saturated rings. The number of hydrogen-bond donors (Lipinski definition) is 0. The van der Waals surface area contributed by atoms with Crippen LogP contribution in [0.15, 0.2) is 12.7 Å². The molecule has 1 radical (unpaired) electrons. The summed E-state index contributed by atoms with van der Waals surface area (Å²) in [5, 5.41) is 0. The molecule has 0 N–H and O–H groups in total. The van der Waals surface area contributed by atoms with Crippen LogP contribution < -0.4 is 0 Å². The van der Waals surface area contributed by atoms with Crippen molar-refractivity contribution in [2.75, 3.05) is 6.61 Å². The summed E-state index contributed by atoms with van der Waals surface area (Å²) >= 11 is 0. The number of carbonyl (C=O) groups is 1. The molecule has 8 nitrogen and oxygen atoms in total. The smallest absolute Gasteiger partial charge is 0.300 e. The molecule has 0 spiro atoms. The third-order valence-corrected chi connectivity index (χ3v) is 3.63. The third kappa shape index (κ3) is 4.75. The minimum atomic E-state index is -0.736. The van der Waals surface area contributed by atoms with Gasteiger partial charge in [0.25, 0.3) is 5.97 Å². The molecule has 0 amide bonds. The molecule has 2 atom stereocenters.